The van der Waals surface area contributed by atoms with Crippen LogP contribution in [0.3, 0.4) is 0 Å². The molecule has 0 aromatic heterocycles. The van der Waals surface area contributed by atoms with Gasteiger partial charge >= 0.3 is 0 Å². The lowest BCUT2D eigenvalue weighted by atomic mass is 10.1. The quantitative estimate of drug-likeness (QED) is 0.727. The molecule has 0 saturated heterocycles. The SMILES string of the molecule is CC(C)CC(C)OCC(=O)c1ccc(F)cc1F. The topological polar surface area (TPSA) is 26.3 Å². The summed E-state index contributed by atoms with van der Waals surface area (Å²) in [6, 6.07) is 2.90. The summed E-state index contributed by atoms with van der Waals surface area (Å²) < 4.78 is 31.3. The molecule has 1 aromatic rings. The van der Waals surface area contributed by atoms with Crippen LogP contribution < -0.4 is 0 Å². The van der Waals surface area contributed by atoms with Crippen LogP contribution in [0.2, 0.25) is 0 Å². The van der Waals surface area contributed by atoms with E-state index in [0.717, 1.165) is 18.6 Å². The van der Waals surface area contributed by atoms with Crippen molar-refractivity contribution in [2.24, 2.45) is 5.92 Å². The first-order valence-corrected chi connectivity index (χ1v) is 6.00. The molecule has 0 heterocycles. The zero-order valence-electron chi connectivity index (χ0n) is 10.9. The fourth-order valence-corrected chi connectivity index (χ4v) is 1.74. The van der Waals surface area contributed by atoms with Gasteiger partial charge in [0.25, 0.3) is 0 Å². The number of carbonyl (C=O) groups excluding carboxylic acids is 1. The van der Waals surface area contributed by atoms with Crippen LogP contribution in [0.15, 0.2) is 18.2 Å². The third-order valence-corrected chi connectivity index (χ3v) is 2.53. The molecule has 4 heteroatoms. The van der Waals surface area contributed by atoms with E-state index in [0.29, 0.717) is 12.0 Å². The predicted molar refractivity (Wildman–Crippen MR) is 65.6 cm³/mol. The van der Waals surface area contributed by atoms with Gasteiger partial charge in [0.15, 0.2) is 5.78 Å². The van der Waals surface area contributed by atoms with E-state index in [-0.39, 0.29) is 18.3 Å². The summed E-state index contributed by atoms with van der Waals surface area (Å²) in [5, 5.41) is 0. The summed E-state index contributed by atoms with van der Waals surface area (Å²) in [5.41, 5.74) is -0.131. The second-order valence-electron chi connectivity index (χ2n) is 4.80. The number of ether oxygens (including phenoxy) is 1. The van der Waals surface area contributed by atoms with Crippen LogP contribution in [0.5, 0.6) is 0 Å². The van der Waals surface area contributed by atoms with Crippen molar-refractivity contribution in [2.45, 2.75) is 33.3 Å². The van der Waals surface area contributed by atoms with E-state index in [9.17, 15) is 13.6 Å². The Bertz CT molecular complexity index is 416. The van der Waals surface area contributed by atoms with E-state index in [1.165, 1.54) is 0 Å². The molecule has 1 unspecified atom stereocenters. The highest BCUT2D eigenvalue weighted by atomic mass is 19.1. The Morgan fingerprint density at radius 3 is 2.50 bits per heavy atom. The molecule has 0 aliphatic heterocycles. The molecule has 0 saturated carbocycles. The van der Waals surface area contributed by atoms with Gasteiger partial charge in [0, 0.05) is 6.07 Å². The highest BCUT2D eigenvalue weighted by Crippen LogP contribution is 2.12. The van der Waals surface area contributed by atoms with Gasteiger partial charge in [-0.2, -0.15) is 0 Å². The highest BCUT2D eigenvalue weighted by molar-refractivity contribution is 5.97. The summed E-state index contributed by atoms with van der Waals surface area (Å²) in [5.74, 6) is -1.54. The lowest BCUT2D eigenvalue weighted by molar-refractivity contribution is 0.0442. The van der Waals surface area contributed by atoms with Crippen LogP contribution in [-0.4, -0.2) is 18.5 Å². The van der Waals surface area contributed by atoms with Crippen molar-refractivity contribution >= 4 is 5.78 Å². The average Bonchev–Trinajstić information content (AvgIpc) is 2.25. The molecule has 18 heavy (non-hydrogen) atoms. The van der Waals surface area contributed by atoms with E-state index in [4.69, 9.17) is 4.74 Å². The normalized spacial score (nSPS) is 12.8. The van der Waals surface area contributed by atoms with Gasteiger partial charge in [0.2, 0.25) is 0 Å². The molecule has 0 aliphatic carbocycles. The van der Waals surface area contributed by atoms with Crippen molar-refractivity contribution in [3.05, 3.63) is 35.4 Å². The Morgan fingerprint density at radius 2 is 1.94 bits per heavy atom. The maximum atomic E-state index is 13.3. The minimum absolute atomic E-state index is 0.0579. The monoisotopic (exact) mass is 256 g/mol. The number of rotatable bonds is 6. The second-order valence-corrected chi connectivity index (χ2v) is 4.80. The minimum Gasteiger partial charge on any atom is -0.370 e. The molecular formula is C14H18F2O2. The van der Waals surface area contributed by atoms with E-state index >= 15 is 0 Å². The molecule has 0 radical (unpaired) electrons. The Labute approximate surface area is 106 Å². The van der Waals surface area contributed by atoms with Crippen molar-refractivity contribution in [1.29, 1.82) is 0 Å². The van der Waals surface area contributed by atoms with E-state index < -0.39 is 17.4 Å². The zero-order valence-corrected chi connectivity index (χ0v) is 10.9. The number of halogens is 2. The van der Waals surface area contributed by atoms with E-state index in [1.54, 1.807) is 0 Å². The Balaban J connectivity index is 2.55. The average molecular weight is 256 g/mol. The molecule has 0 fully saturated rings. The van der Waals surface area contributed by atoms with Gasteiger partial charge in [-0.25, -0.2) is 8.78 Å². The summed E-state index contributed by atoms with van der Waals surface area (Å²) in [6.45, 7) is 5.80. The third kappa shape index (κ3) is 4.53. The summed E-state index contributed by atoms with van der Waals surface area (Å²) in [4.78, 5) is 11.7. The molecule has 2 nitrogen and oxygen atoms in total. The van der Waals surface area contributed by atoms with Gasteiger partial charge in [-0.05, 0) is 31.4 Å². The van der Waals surface area contributed by atoms with Gasteiger partial charge in [-0.3, -0.25) is 4.79 Å². The largest absolute Gasteiger partial charge is 0.370 e. The highest BCUT2D eigenvalue weighted by Gasteiger charge is 2.14. The molecular weight excluding hydrogens is 238 g/mol. The van der Waals surface area contributed by atoms with E-state index in [2.05, 4.69) is 13.8 Å². The standard InChI is InChI=1S/C14H18F2O2/c1-9(2)6-10(3)18-8-14(17)12-5-4-11(15)7-13(12)16/h4-5,7,9-10H,6,8H2,1-3H3. The van der Waals surface area contributed by atoms with E-state index in [1.807, 2.05) is 6.92 Å². The number of carbonyl (C=O) groups is 1. The maximum Gasteiger partial charge on any atom is 0.191 e. The van der Waals surface area contributed by atoms with Crippen molar-refractivity contribution in [1.82, 2.24) is 0 Å². The van der Waals surface area contributed by atoms with Crippen molar-refractivity contribution < 1.29 is 18.3 Å². The van der Waals surface area contributed by atoms with Gasteiger partial charge in [0.1, 0.15) is 18.2 Å². The molecule has 0 amide bonds. The number of Topliss-reactive ketones (excluding diaryl/α,β-unsaturated/α-hetero) is 1. The maximum absolute atomic E-state index is 13.3. The van der Waals surface area contributed by atoms with Crippen LogP contribution in [-0.2, 0) is 4.74 Å². The van der Waals surface area contributed by atoms with Gasteiger partial charge in [0.05, 0.1) is 11.7 Å². The molecule has 1 aromatic carbocycles. The van der Waals surface area contributed by atoms with Gasteiger partial charge in [-0.1, -0.05) is 13.8 Å². The molecule has 100 valence electrons. The van der Waals surface area contributed by atoms with Crippen molar-refractivity contribution in [2.75, 3.05) is 6.61 Å². The lowest BCUT2D eigenvalue weighted by Crippen LogP contribution is -2.18. The summed E-state index contributed by atoms with van der Waals surface area (Å²) in [7, 11) is 0. The van der Waals surface area contributed by atoms with Gasteiger partial charge in [-0.15, -0.1) is 0 Å². The Kier molecular flexibility index (Phi) is 5.41. The predicted octanol–water partition coefficient (Wildman–Crippen LogP) is 3.60. The Morgan fingerprint density at radius 1 is 1.28 bits per heavy atom. The fourth-order valence-electron chi connectivity index (χ4n) is 1.74. The molecule has 0 spiro atoms. The smallest absolute Gasteiger partial charge is 0.191 e. The lowest BCUT2D eigenvalue weighted by Gasteiger charge is -2.14. The molecule has 1 rings (SSSR count). The number of hydrogen-bond acceptors (Lipinski definition) is 2. The minimum atomic E-state index is -0.847. The van der Waals surface area contributed by atoms with Crippen LogP contribution in [0.1, 0.15) is 37.6 Å². The molecule has 0 aliphatic rings. The number of hydrogen-bond donors (Lipinski definition) is 0. The first kappa shape index (κ1) is 14.8. The Hall–Kier alpha value is -1.29. The van der Waals surface area contributed by atoms with Crippen molar-refractivity contribution in [3.63, 3.8) is 0 Å². The first-order chi connectivity index (χ1) is 8.40. The van der Waals surface area contributed by atoms with Crippen LogP contribution in [0, 0.1) is 17.6 Å². The summed E-state index contributed by atoms with van der Waals surface area (Å²) in [6.07, 6.45) is 0.775. The zero-order chi connectivity index (χ0) is 13.7. The van der Waals surface area contributed by atoms with Crippen LogP contribution >= 0.6 is 0 Å². The molecule has 0 bridgehead atoms. The number of benzene rings is 1. The molecule has 0 N–H and O–H groups in total. The van der Waals surface area contributed by atoms with Crippen LogP contribution in [0.25, 0.3) is 0 Å². The number of ketones is 1. The third-order valence-electron chi connectivity index (χ3n) is 2.53. The fraction of sp³-hybridized carbons (Fsp3) is 0.500. The first-order valence-electron chi connectivity index (χ1n) is 6.00. The summed E-state index contributed by atoms with van der Waals surface area (Å²) >= 11 is 0. The van der Waals surface area contributed by atoms with Gasteiger partial charge < -0.3 is 4.74 Å². The van der Waals surface area contributed by atoms with Crippen molar-refractivity contribution in [3.8, 4) is 0 Å². The van der Waals surface area contributed by atoms with Crippen LogP contribution in [0.4, 0.5) is 8.78 Å². The molecule has 1 atom stereocenters. The second kappa shape index (κ2) is 6.59.